The van der Waals surface area contributed by atoms with Gasteiger partial charge in [-0.1, -0.05) is 29.8 Å². The molecule has 0 spiro atoms. The largest absolute Gasteiger partial charge is 0.508 e. The van der Waals surface area contributed by atoms with Gasteiger partial charge in [0.05, 0.1) is 5.92 Å². The molecule has 3 aromatic carbocycles. The van der Waals surface area contributed by atoms with Gasteiger partial charge in [-0.25, -0.2) is 0 Å². The van der Waals surface area contributed by atoms with Gasteiger partial charge in [0.25, 0.3) is 0 Å². The second-order valence-electron chi connectivity index (χ2n) is 6.28. The molecule has 1 heterocycles. The van der Waals surface area contributed by atoms with Gasteiger partial charge in [-0.05, 0) is 48.0 Å². The van der Waals surface area contributed by atoms with Gasteiger partial charge < -0.3 is 20.3 Å². The maximum Gasteiger partial charge on any atom is 0.205 e. The summed E-state index contributed by atoms with van der Waals surface area (Å²) >= 11 is 5.91. The number of halogens is 1. The first-order valence-corrected chi connectivity index (χ1v) is 8.87. The highest BCUT2D eigenvalue weighted by Crippen LogP contribution is 2.44. The Bertz CT molecular complexity index is 1120. The van der Waals surface area contributed by atoms with E-state index in [-0.39, 0.29) is 11.6 Å². The zero-order valence-corrected chi connectivity index (χ0v) is 15.4. The maximum atomic E-state index is 9.75. The van der Waals surface area contributed by atoms with Crippen molar-refractivity contribution in [3.8, 4) is 29.1 Å². The van der Waals surface area contributed by atoms with Crippen LogP contribution in [0.1, 0.15) is 17.0 Å². The molecule has 0 amide bonds. The van der Waals surface area contributed by atoms with Gasteiger partial charge in [0.15, 0.2) is 0 Å². The summed E-state index contributed by atoms with van der Waals surface area (Å²) < 4.78 is 11.4. The number of fused-ring (bicyclic) bond motifs is 1. The molecular weight excluding hydrogens is 376 g/mol. The number of allylic oxidation sites excluding steroid dienone is 1. The number of phenols is 1. The van der Waals surface area contributed by atoms with Gasteiger partial charge in [0, 0.05) is 16.7 Å². The van der Waals surface area contributed by atoms with Crippen LogP contribution in [0, 0.1) is 11.3 Å². The van der Waals surface area contributed by atoms with Crippen molar-refractivity contribution in [3.05, 3.63) is 94.3 Å². The van der Waals surface area contributed by atoms with E-state index in [4.69, 9.17) is 26.8 Å². The number of hydrogen-bond donors (Lipinski definition) is 2. The first-order valence-electron chi connectivity index (χ1n) is 8.49. The number of nitrogens with two attached hydrogens (primary N) is 1. The van der Waals surface area contributed by atoms with Crippen LogP contribution in [0.15, 0.2) is 78.2 Å². The fourth-order valence-electron chi connectivity index (χ4n) is 3.18. The van der Waals surface area contributed by atoms with Crippen LogP contribution in [0.4, 0.5) is 0 Å². The molecule has 0 aromatic heterocycles. The summed E-state index contributed by atoms with van der Waals surface area (Å²) in [6, 6.07) is 21.4. The molecule has 0 saturated heterocycles. The van der Waals surface area contributed by atoms with Crippen molar-refractivity contribution in [2.24, 2.45) is 5.73 Å². The molecule has 5 nitrogen and oxygen atoms in total. The van der Waals surface area contributed by atoms with Crippen LogP contribution < -0.4 is 15.2 Å². The minimum atomic E-state index is -0.428. The summed E-state index contributed by atoms with van der Waals surface area (Å²) in [6.45, 7) is 0. The first-order chi connectivity index (χ1) is 13.5. The van der Waals surface area contributed by atoms with E-state index in [1.54, 1.807) is 36.4 Å². The van der Waals surface area contributed by atoms with E-state index in [1.807, 2.05) is 24.3 Å². The Balaban J connectivity index is 1.75. The van der Waals surface area contributed by atoms with Crippen LogP contribution in [0.3, 0.4) is 0 Å². The van der Waals surface area contributed by atoms with E-state index in [0.29, 0.717) is 27.8 Å². The summed E-state index contributed by atoms with van der Waals surface area (Å²) in [4.78, 5) is 0. The Hall–Kier alpha value is -3.62. The molecule has 0 bridgehead atoms. The molecule has 1 atom stereocenters. The van der Waals surface area contributed by atoms with Crippen molar-refractivity contribution in [3.63, 3.8) is 0 Å². The Labute approximate surface area is 166 Å². The Kier molecular flexibility index (Phi) is 4.56. The van der Waals surface area contributed by atoms with Gasteiger partial charge in [-0.3, -0.25) is 0 Å². The summed E-state index contributed by atoms with van der Waals surface area (Å²) in [5, 5.41) is 20.0. The number of phenolic OH excluding ortho intramolecular Hbond substituents is 1. The van der Waals surface area contributed by atoms with E-state index in [9.17, 15) is 10.4 Å². The smallest absolute Gasteiger partial charge is 0.205 e. The van der Waals surface area contributed by atoms with Gasteiger partial charge in [-0.2, -0.15) is 5.26 Å². The minimum Gasteiger partial charge on any atom is -0.508 e. The summed E-state index contributed by atoms with van der Waals surface area (Å²) in [7, 11) is 0. The third-order valence-corrected chi connectivity index (χ3v) is 4.70. The Morgan fingerprint density at radius 3 is 2.57 bits per heavy atom. The lowest BCUT2D eigenvalue weighted by Gasteiger charge is -2.26. The van der Waals surface area contributed by atoms with Gasteiger partial charge in [-0.15, -0.1) is 0 Å². The third kappa shape index (κ3) is 3.34. The zero-order valence-electron chi connectivity index (χ0n) is 14.6. The Morgan fingerprint density at radius 1 is 1.04 bits per heavy atom. The lowest BCUT2D eigenvalue weighted by atomic mass is 9.83. The predicted molar refractivity (Wildman–Crippen MR) is 105 cm³/mol. The van der Waals surface area contributed by atoms with Gasteiger partial charge in [0.2, 0.25) is 5.88 Å². The topological polar surface area (TPSA) is 88.5 Å². The van der Waals surface area contributed by atoms with Crippen molar-refractivity contribution in [2.75, 3.05) is 0 Å². The predicted octanol–water partition coefficient (Wildman–Crippen LogP) is 5.06. The van der Waals surface area contributed by atoms with Gasteiger partial charge >= 0.3 is 0 Å². The van der Waals surface area contributed by atoms with Crippen molar-refractivity contribution in [2.45, 2.75) is 5.92 Å². The molecule has 1 aliphatic rings. The van der Waals surface area contributed by atoms with E-state index < -0.39 is 5.92 Å². The average Bonchev–Trinajstić information content (AvgIpc) is 2.69. The summed E-state index contributed by atoms with van der Waals surface area (Å²) in [6.07, 6.45) is 0. The van der Waals surface area contributed by atoms with E-state index >= 15 is 0 Å². The molecular formula is C22H15ClN2O3. The highest BCUT2D eigenvalue weighted by atomic mass is 35.5. The Morgan fingerprint density at radius 2 is 1.82 bits per heavy atom. The third-order valence-electron chi connectivity index (χ3n) is 4.44. The van der Waals surface area contributed by atoms with Crippen LogP contribution >= 0.6 is 11.6 Å². The average molecular weight is 391 g/mol. The van der Waals surface area contributed by atoms with Crippen molar-refractivity contribution >= 4 is 11.6 Å². The molecule has 0 aliphatic carbocycles. The molecule has 3 N–H and O–H groups in total. The van der Waals surface area contributed by atoms with E-state index in [0.717, 1.165) is 11.1 Å². The van der Waals surface area contributed by atoms with Crippen LogP contribution in [-0.4, -0.2) is 5.11 Å². The highest BCUT2D eigenvalue weighted by molar-refractivity contribution is 6.30. The molecule has 4 rings (SSSR count). The fourth-order valence-corrected chi connectivity index (χ4v) is 3.31. The van der Waals surface area contributed by atoms with E-state index in [2.05, 4.69) is 6.07 Å². The first kappa shape index (κ1) is 17.8. The number of benzene rings is 3. The van der Waals surface area contributed by atoms with Crippen LogP contribution in [-0.2, 0) is 0 Å². The quantitative estimate of drug-likeness (QED) is 0.652. The van der Waals surface area contributed by atoms with Crippen LogP contribution in [0.5, 0.6) is 23.0 Å². The van der Waals surface area contributed by atoms with Crippen molar-refractivity contribution in [1.82, 2.24) is 0 Å². The maximum absolute atomic E-state index is 9.75. The highest BCUT2D eigenvalue weighted by Gasteiger charge is 2.31. The van der Waals surface area contributed by atoms with Crippen LogP contribution in [0.25, 0.3) is 0 Å². The van der Waals surface area contributed by atoms with Crippen molar-refractivity contribution in [1.29, 1.82) is 5.26 Å². The fraction of sp³-hybridized carbons (Fsp3) is 0.0455. The normalized spacial score (nSPS) is 15.4. The zero-order chi connectivity index (χ0) is 19.7. The molecule has 0 fully saturated rings. The summed E-state index contributed by atoms with van der Waals surface area (Å²) in [5.74, 6) is 1.34. The molecule has 6 heteroatoms. The standard InChI is InChI=1S/C22H15ClN2O3/c23-14-4-7-16(8-5-14)27-17-3-1-2-13(10-17)21-18-9-6-15(26)11-20(18)28-22(25)19(21)12-24/h1-11,21,26H,25H2/t21-/m1/s1. The number of ether oxygens (including phenoxy) is 2. The molecule has 0 radical (unpaired) electrons. The lowest BCUT2D eigenvalue weighted by Crippen LogP contribution is -2.20. The molecule has 138 valence electrons. The molecule has 0 unspecified atom stereocenters. The molecule has 0 saturated carbocycles. The lowest BCUT2D eigenvalue weighted by molar-refractivity contribution is 0.388. The number of aromatic hydroxyl groups is 1. The van der Waals surface area contributed by atoms with Gasteiger partial charge in [0.1, 0.15) is 34.6 Å². The van der Waals surface area contributed by atoms with E-state index in [1.165, 1.54) is 6.07 Å². The number of nitriles is 1. The summed E-state index contributed by atoms with van der Waals surface area (Å²) in [5.41, 5.74) is 7.84. The number of hydrogen-bond acceptors (Lipinski definition) is 5. The molecule has 28 heavy (non-hydrogen) atoms. The SMILES string of the molecule is N#CC1=C(N)Oc2cc(O)ccc2[C@H]1c1cccc(Oc2ccc(Cl)cc2)c1. The number of nitrogens with zero attached hydrogens (tertiary/aromatic N) is 1. The number of rotatable bonds is 3. The van der Waals surface area contributed by atoms with Crippen molar-refractivity contribution < 1.29 is 14.6 Å². The monoisotopic (exact) mass is 390 g/mol. The molecule has 3 aromatic rings. The van der Waals surface area contributed by atoms with Crippen LogP contribution in [0.2, 0.25) is 5.02 Å². The second kappa shape index (κ2) is 7.18. The molecule has 1 aliphatic heterocycles. The minimum absolute atomic E-state index is 0.0228. The second-order valence-corrected chi connectivity index (χ2v) is 6.71.